The highest BCUT2D eigenvalue weighted by Gasteiger charge is 2.14. The van der Waals surface area contributed by atoms with E-state index in [1.165, 1.54) is 49.4 Å². The minimum atomic E-state index is -3.77. The number of hydrogen-bond acceptors (Lipinski definition) is 3. The third-order valence-corrected chi connectivity index (χ3v) is 4.43. The van der Waals surface area contributed by atoms with Crippen LogP contribution in [0.2, 0.25) is 10.0 Å². The van der Waals surface area contributed by atoms with Gasteiger partial charge in [0.05, 0.1) is 10.6 Å². The summed E-state index contributed by atoms with van der Waals surface area (Å²) in [5.41, 5.74) is 0.778. The summed E-state index contributed by atoms with van der Waals surface area (Å²) in [5.74, 6) is -0.234. The largest absolute Gasteiger partial charge is 0.326 e. The van der Waals surface area contributed by atoms with Crippen molar-refractivity contribution in [2.24, 2.45) is 0 Å². The molecular weight excluding hydrogens is 347 g/mol. The highest BCUT2D eigenvalue weighted by molar-refractivity contribution is 7.92. The van der Waals surface area contributed by atoms with Gasteiger partial charge in [0.1, 0.15) is 0 Å². The van der Waals surface area contributed by atoms with Crippen LogP contribution in [-0.2, 0) is 14.8 Å². The number of halogens is 2. The first kappa shape index (κ1) is 16.6. The third-order valence-electron chi connectivity index (χ3n) is 2.60. The zero-order valence-corrected chi connectivity index (χ0v) is 13.8. The van der Waals surface area contributed by atoms with Crippen molar-refractivity contribution in [3.63, 3.8) is 0 Å². The zero-order chi connectivity index (χ0) is 16.3. The molecule has 2 aromatic rings. The predicted molar refractivity (Wildman–Crippen MR) is 88.0 cm³/mol. The first-order chi connectivity index (χ1) is 10.3. The lowest BCUT2D eigenvalue weighted by atomic mass is 10.3. The van der Waals surface area contributed by atoms with Crippen LogP contribution in [0.25, 0.3) is 0 Å². The number of rotatable bonds is 4. The van der Waals surface area contributed by atoms with Gasteiger partial charge in [0.15, 0.2) is 0 Å². The van der Waals surface area contributed by atoms with E-state index in [4.69, 9.17) is 23.2 Å². The van der Waals surface area contributed by atoms with E-state index in [0.29, 0.717) is 15.7 Å². The Labute approximate surface area is 138 Å². The van der Waals surface area contributed by atoms with Crippen LogP contribution in [0.3, 0.4) is 0 Å². The number of nitrogens with one attached hydrogen (secondary N) is 2. The Balaban J connectivity index is 2.24. The first-order valence-electron chi connectivity index (χ1n) is 6.13. The van der Waals surface area contributed by atoms with Gasteiger partial charge in [0, 0.05) is 22.7 Å². The first-order valence-corrected chi connectivity index (χ1v) is 8.37. The second kappa shape index (κ2) is 6.56. The van der Waals surface area contributed by atoms with E-state index in [2.05, 4.69) is 10.0 Å². The monoisotopic (exact) mass is 358 g/mol. The number of hydrogen-bond donors (Lipinski definition) is 2. The van der Waals surface area contributed by atoms with E-state index in [9.17, 15) is 13.2 Å². The third kappa shape index (κ3) is 4.37. The maximum atomic E-state index is 12.3. The second-order valence-electron chi connectivity index (χ2n) is 4.47. The Hall–Kier alpha value is -1.76. The standard InChI is InChI=1S/C14H12Cl2N2O3S/c1-9(19)17-12-2-4-14(5-3-12)22(20,21)18-13-7-10(15)6-11(16)8-13/h2-8,18H,1H3,(H,17,19). The van der Waals surface area contributed by atoms with Gasteiger partial charge < -0.3 is 5.32 Å². The van der Waals surface area contributed by atoms with Crippen molar-refractivity contribution in [3.05, 3.63) is 52.5 Å². The number of amides is 1. The highest BCUT2D eigenvalue weighted by Crippen LogP contribution is 2.25. The molecule has 1 amide bonds. The van der Waals surface area contributed by atoms with Gasteiger partial charge >= 0.3 is 0 Å². The maximum absolute atomic E-state index is 12.3. The van der Waals surface area contributed by atoms with Crippen LogP contribution in [0, 0.1) is 0 Å². The van der Waals surface area contributed by atoms with Gasteiger partial charge in [-0.2, -0.15) is 0 Å². The highest BCUT2D eigenvalue weighted by atomic mass is 35.5. The zero-order valence-electron chi connectivity index (χ0n) is 11.4. The SMILES string of the molecule is CC(=O)Nc1ccc(S(=O)(=O)Nc2cc(Cl)cc(Cl)c2)cc1. The van der Waals surface area contributed by atoms with Gasteiger partial charge in [-0.05, 0) is 42.5 Å². The average Bonchev–Trinajstić information content (AvgIpc) is 2.36. The molecule has 0 saturated carbocycles. The van der Waals surface area contributed by atoms with E-state index < -0.39 is 10.0 Å². The Bertz CT molecular complexity index is 785. The number of benzene rings is 2. The maximum Gasteiger partial charge on any atom is 0.261 e. The lowest BCUT2D eigenvalue weighted by Crippen LogP contribution is -2.13. The Kier molecular flexibility index (Phi) is 4.95. The van der Waals surface area contributed by atoms with E-state index in [1.54, 1.807) is 0 Å². The van der Waals surface area contributed by atoms with Crippen LogP contribution >= 0.6 is 23.2 Å². The molecule has 0 saturated heterocycles. The van der Waals surface area contributed by atoms with Crippen molar-refractivity contribution in [1.82, 2.24) is 0 Å². The molecule has 2 rings (SSSR count). The Morgan fingerprint density at radius 3 is 2.00 bits per heavy atom. The molecule has 0 bridgehead atoms. The van der Waals surface area contributed by atoms with Gasteiger partial charge in [-0.3, -0.25) is 9.52 Å². The molecular formula is C14H12Cl2N2O3S. The molecule has 0 aliphatic rings. The van der Waals surface area contributed by atoms with Gasteiger partial charge in [0.25, 0.3) is 10.0 Å². The molecule has 22 heavy (non-hydrogen) atoms. The normalized spacial score (nSPS) is 11.0. The van der Waals surface area contributed by atoms with E-state index in [-0.39, 0.29) is 16.5 Å². The molecule has 2 N–H and O–H groups in total. The van der Waals surface area contributed by atoms with Crippen LogP contribution in [0.15, 0.2) is 47.4 Å². The number of carbonyl (C=O) groups is 1. The van der Waals surface area contributed by atoms with E-state index >= 15 is 0 Å². The molecule has 0 aromatic heterocycles. The summed E-state index contributed by atoms with van der Waals surface area (Å²) in [6.45, 7) is 1.37. The quantitative estimate of drug-likeness (QED) is 0.873. The van der Waals surface area contributed by atoms with Gasteiger partial charge in [-0.1, -0.05) is 23.2 Å². The van der Waals surface area contributed by atoms with Crippen molar-refractivity contribution in [2.75, 3.05) is 10.0 Å². The summed E-state index contributed by atoms with van der Waals surface area (Å²) in [6.07, 6.45) is 0. The molecule has 0 aliphatic carbocycles. The Morgan fingerprint density at radius 1 is 0.955 bits per heavy atom. The number of sulfonamides is 1. The molecule has 0 unspecified atom stereocenters. The molecule has 2 aromatic carbocycles. The van der Waals surface area contributed by atoms with Crippen molar-refractivity contribution >= 4 is 50.5 Å². The van der Waals surface area contributed by atoms with Crippen LogP contribution in [0.5, 0.6) is 0 Å². The van der Waals surface area contributed by atoms with Crippen molar-refractivity contribution in [3.8, 4) is 0 Å². The lowest BCUT2D eigenvalue weighted by molar-refractivity contribution is -0.114. The molecule has 5 nitrogen and oxygen atoms in total. The molecule has 0 aliphatic heterocycles. The van der Waals surface area contributed by atoms with E-state index in [0.717, 1.165) is 0 Å². The van der Waals surface area contributed by atoms with E-state index in [1.807, 2.05) is 0 Å². The van der Waals surface area contributed by atoms with Gasteiger partial charge in [0.2, 0.25) is 5.91 Å². The second-order valence-corrected chi connectivity index (χ2v) is 7.02. The summed E-state index contributed by atoms with van der Waals surface area (Å²) in [6, 6.07) is 10.2. The predicted octanol–water partition coefficient (Wildman–Crippen LogP) is 3.75. The molecule has 0 atom stereocenters. The molecule has 116 valence electrons. The summed E-state index contributed by atoms with van der Waals surface area (Å²) < 4.78 is 26.9. The lowest BCUT2D eigenvalue weighted by Gasteiger charge is -2.10. The fourth-order valence-corrected chi connectivity index (χ4v) is 3.31. The van der Waals surface area contributed by atoms with Crippen LogP contribution in [0.4, 0.5) is 11.4 Å². The van der Waals surface area contributed by atoms with Gasteiger partial charge in [-0.25, -0.2) is 8.42 Å². The minimum Gasteiger partial charge on any atom is -0.326 e. The van der Waals surface area contributed by atoms with Crippen molar-refractivity contribution < 1.29 is 13.2 Å². The summed E-state index contributed by atoms with van der Waals surface area (Å²) in [4.78, 5) is 11.0. The average molecular weight is 359 g/mol. The topological polar surface area (TPSA) is 75.3 Å². The summed E-state index contributed by atoms with van der Waals surface area (Å²) in [5, 5.41) is 3.21. The molecule has 0 spiro atoms. The fraction of sp³-hybridized carbons (Fsp3) is 0.0714. The van der Waals surface area contributed by atoms with Crippen molar-refractivity contribution in [1.29, 1.82) is 0 Å². The fourth-order valence-electron chi connectivity index (χ4n) is 1.75. The van der Waals surface area contributed by atoms with Crippen LogP contribution < -0.4 is 10.0 Å². The molecule has 8 heteroatoms. The molecule has 0 fully saturated rings. The van der Waals surface area contributed by atoms with Crippen molar-refractivity contribution in [2.45, 2.75) is 11.8 Å². The van der Waals surface area contributed by atoms with Gasteiger partial charge in [-0.15, -0.1) is 0 Å². The smallest absolute Gasteiger partial charge is 0.261 e. The molecule has 0 heterocycles. The molecule has 0 radical (unpaired) electrons. The number of anilines is 2. The van der Waals surface area contributed by atoms with Crippen LogP contribution in [0.1, 0.15) is 6.92 Å². The Morgan fingerprint density at radius 2 is 1.50 bits per heavy atom. The number of carbonyl (C=O) groups excluding carboxylic acids is 1. The summed E-state index contributed by atoms with van der Waals surface area (Å²) >= 11 is 11.7. The minimum absolute atomic E-state index is 0.0534. The van der Waals surface area contributed by atoms with Crippen LogP contribution in [-0.4, -0.2) is 14.3 Å². The summed E-state index contributed by atoms with van der Waals surface area (Å²) in [7, 11) is -3.77.